The van der Waals surface area contributed by atoms with E-state index in [4.69, 9.17) is 11.6 Å². The molecule has 0 atom stereocenters. The lowest BCUT2D eigenvalue weighted by molar-refractivity contribution is 0.216. The third-order valence-electron chi connectivity index (χ3n) is 2.59. The van der Waals surface area contributed by atoms with E-state index >= 15 is 0 Å². The first-order valence-corrected chi connectivity index (χ1v) is 7.54. The maximum Gasteiger partial charge on any atom is 0.323 e. The van der Waals surface area contributed by atoms with E-state index in [1.807, 2.05) is 0 Å². The Morgan fingerprint density at radius 3 is 2.56 bits per heavy atom. The van der Waals surface area contributed by atoms with Gasteiger partial charge in [0.05, 0.1) is 16.5 Å². The molecule has 0 bridgehead atoms. The SMILES string of the molecule is O=C(Nc1ccc(Cl)cn1)N1CCS(=O)(=O)CC1. The molecule has 0 radical (unpaired) electrons. The molecule has 1 aliphatic heterocycles. The van der Waals surface area contributed by atoms with Crippen molar-refractivity contribution >= 4 is 33.3 Å². The first kappa shape index (κ1) is 13.1. The minimum atomic E-state index is -2.98. The summed E-state index contributed by atoms with van der Waals surface area (Å²) in [7, 11) is -2.98. The molecule has 0 unspecified atom stereocenters. The molecule has 2 heterocycles. The summed E-state index contributed by atoms with van der Waals surface area (Å²) in [4.78, 5) is 17.2. The first-order chi connectivity index (χ1) is 8.46. The second-order valence-corrected chi connectivity index (χ2v) is 6.67. The maximum atomic E-state index is 11.8. The molecule has 1 aliphatic rings. The molecule has 2 amide bonds. The van der Waals surface area contributed by atoms with Crippen LogP contribution >= 0.6 is 11.6 Å². The molecule has 2 rings (SSSR count). The minimum absolute atomic E-state index is 0.00840. The van der Waals surface area contributed by atoms with Crippen molar-refractivity contribution in [1.82, 2.24) is 9.88 Å². The molecule has 6 nitrogen and oxygen atoms in total. The normalized spacial score (nSPS) is 18.4. The van der Waals surface area contributed by atoms with Crippen molar-refractivity contribution < 1.29 is 13.2 Å². The molecule has 1 N–H and O–H groups in total. The molecule has 1 fully saturated rings. The van der Waals surface area contributed by atoms with Gasteiger partial charge in [-0.3, -0.25) is 5.32 Å². The summed E-state index contributed by atoms with van der Waals surface area (Å²) in [5.74, 6) is 0.404. The van der Waals surface area contributed by atoms with Crippen LogP contribution in [0.4, 0.5) is 10.6 Å². The summed E-state index contributed by atoms with van der Waals surface area (Å²) in [6, 6.07) is 2.85. The number of hydrogen-bond donors (Lipinski definition) is 1. The lowest BCUT2D eigenvalue weighted by Gasteiger charge is -2.26. The first-order valence-electron chi connectivity index (χ1n) is 5.34. The number of amides is 2. The molecule has 1 saturated heterocycles. The van der Waals surface area contributed by atoms with Gasteiger partial charge in [0, 0.05) is 19.3 Å². The number of urea groups is 1. The number of sulfone groups is 1. The summed E-state index contributed by atoms with van der Waals surface area (Å²) in [5, 5.41) is 3.07. The monoisotopic (exact) mass is 289 g/mol. The van der Waals surface area contributed by atoms with E-state index in [1.54, 1.807) is 12.1 Å². The molecular weight excluding hydrogens is 278 g/mol. The van der Waals surface area contributed by atoms with Crippen LogP contribution in [0.2, 0.25) is 5.02 Å². The molecule has 8 heteroatoms. The highest BCUT2D eigenvalue weighted by atomic mass is 35.5. The van der Waals surface area contributed by atoms with Crippen LogP contribution in [-0.4, -0.2) is 48.9 Å². The van der Waals surface area contributed by atoms with Crippen LogP contribution in [0, 0.1) is 0 Å². The number of anilines is 1. The van der Waals surface area contributed by atoms with Gasteiger partial charge in [0.15, 0.2) is 9.84 Å². The molecule has 1 aromatic heterocycles. The van der Waals surface area contributed by atoms with Gasteiger partial charge in [-0.1, -0.05) is 11.6 Å². The van der Waals surface area contributed by atoms with Crippen LogP contribution in [0.15, 0.2) is 18.3 Å². The van der Waals surface area contributed by atoms with Crippen LogP contribution in [0.3, 0.4) is 0 Å². The summed E-state index contributed by atoms with van der Waals surface area (Å²) >= 11 is 5.68. The maximum absolute atomic E-state index is 11.8. The number of halogens is 1. The van der Waals surface area contributed by atoms with E-state index in [0.29, 0.717) is 10.8 Å². The van der Waals surface area contributed by atoms with E-state index in [9.17, 15) is 13.2 Å². The number of carbonyl (C=O) groups is 1. The van der Waals surface area contributed by atoms with Gasteiger partial charge in [-0.2, -0.15) is 0 Å². The van der Waals surface area contributed by atoms with Crippen molar-refractivity contribution in [1.29, 1.82) is 0 Å². The Morgan fingerprint density at radius 2 is 2.00 bits per heavy atom. The molecule has 18 heavy (non-hydrogen) atoms. The Kier molecular flexibility index (Phi) is 3.72. The summed E-state index contributed by atoms with van der Waals surface area (Å²) in [5.41, 5.74) is 0. The molecule has 0 aliphatic carbocycles. The Hall–Kier alpha value is -1.34. The highest BCUT2D eigenvalue weighted by Crippen LogP contribution is 2.11. The van der Waals surface area contributed by atoms with E-state index in [2.05, 4.69) is 10.3 Å². The van der Waals surface area contributed by atoms with Crippen molar-refractivity contribution in [2.75, 3.05) is 29.9 Å². The van der Waals surface area contributed by atoms with E-state index in [-0.39, 0.29) is 30.6 Å². The third kappa shape index (κ3) is 3.33. The van der Waals surface area contributed by atoms with Crippen LogP contribution in [0.5, 0.6) is 0 Å². The van der Waals surface area contributed by atoms with Gasteiger partial charge < -0.3 is 4.90 Å². The van der Waals surface area contributed by atoms with Crippen molar-refractivity contribution in [3.05, 3.63) is 23.4 Å². The average molecular weight is 290 g/mol. The van der Waals surface area contributed by atoms with Crippen molar-refractivity contribution in [2.45, 2.75) is 0 Å². The predicted molar refractivity (Wildman–Crippen MR) is 68.5 cm³/mol. The molecule has 0 aromatic carbocycles. The van der Waals surface area contributed by atoms with Gasteiger partial charge >= 0.3 is 6.03 Å². The fourth-order valence-corrected chi connectivity index (χ4v) is 2.87. The second-order valence-electron chi connectivity index (χ2n) is 3.93. The third-order valence-corrected chi connectivity index (χ3v) is 4.43. The number of carbonyl (C=O) groups excluding carboxylic acids is 1. The van der Waals surface area contributed by atoms with Gasteiger partial charge in [0.1, 0.15) is 5.82 Å². The topological polar surface area (TPSA) is 79.4 Å². The smallest absolute Gasteiger partial charge is 0.322 e. The van der Waals surface area contributed by atoms with Gasteiger partial charge in [0.25, 0.3) is 0 Å². The fraction of sp³-hybridized carbons (Fsp3) is 0.400. The second kappa shape index (κ2) is 5.11. The Bertz CT molecular complexity index is 530. The highest BCUT2D eigenvalue weighted by Gasteiger charge is 2.25. The zero-order valence-electron chi connectivity index (χ0n) is 9.47. The van der Waals surface area contributed by atoms with Crippen LogP contribution in [-0.2, 0) is 9.84 Å². The van der Waals surface area contributed by atoms with E-state index in [0.717, 1.165) is 0 Å². The highest BCUT2D eigenvalue weighted by molar-refractivity contribution is 7.91. The van der Waals surface area contributed by atoms with E-state index < -0.39 is 9.84 Å². The molecule has 0 spiro atoms. The zero-order chi connectivity index (χ0) is 13.2. The number of hydrogen-bond acceptors (Lipinski definition) is 4. The Balaban J connectivity index is 1.95. The number of rotatable bonds is 1. The van der Waals surface area contributed by atoms with Gasteiger partial charge in [0.2, 0.25) is 0 Å². The average Bonchev–Trinajstić information content (AvgIpc) is 2.32. The summed E-state index contributed by atoms with van der Waals surface area (Å²) in [6.45, 7) is 0.420. The van der Waals surface area contributed by atoms with Crippen LogP contribution < -0.4 is 5.32 Å². The van der Waals surface area contributed by atoms with Crippen molar-refractivity contribution in [3.8, 4) is 0 Å². The predicted octanol–water partition coefficient (Wildman–Crippen LogP) is 0.997. The van der Waals surface area contributed by atoms with Gasteiger partial charge in [-0.05, 0) is 12.1 Å². The van der Waals surface area contributed by atoms with Crippen molar-refractivity contribution in [3.63, 3.8) is 0 Å². The quantitative estimate of drug-likeness (QED) is 0.836. The number of nitrogens with one attached hydrogen (secondary N) is 1. The standard InChI is InChI=1S/C10H12ClN3O3S/c11-8-1-2-9(12-7-8)13-10(15)14-3-5-18(16,17)6-4-14/h1-2,7H,3-6H2,(H,12,13,15). The molecule has 98 valence electrons. The largest absolute Gasteiger partial charge is 0.323 e. The summed E-state index contributed by atoms with van der Waals surface area (Å²) in [6.07, 6.45) is 1.43. The van der Waals surface area contributed by atoms with Crippen LogP contribution in [0.25, 0.3) is 0 Å². The number of aromatic nitrogens is 1. The minimum Gasteiger partial charge on any atom is -0.322 e. The number of pyridine rings is 1. The fourth-order valence-electron chi connectivity index (χ4n) is 1.55. The lowest BCUT2D eigenvalue weighted by Crippen LogP contribution is -2.45. The van der Waals surface area contributed by atoms with Crippen molar-refractivity contribution in [2.24, 2.45) is 0 Å². The zero-order valence-corrected chi connectivity index (χ0v) is 11.0. The Labute approximate surface area is 110 Å². The Morgan fingerprint density at radius 1 is 1.33 bits per heavy atom. The van der Waals surface area contributed by atoms with Crippen LogP contribution in [0.1, 0.15) is 0 Å². The number of nitrogens with zero attached hydrogens (tertiary/aromatic N) is 2. The van der Waals surface area contributed by atoms with Gasteiger partial charge in [-0.25, -0.2) is 18.2 Å². The molecule has 0 saturated carbocycles. The molecule has 1 aromatic rings. The van der Waals surface area contributed by atoms with E-state index in [1.165, 1.54) is 11.1 Å². The molecular formula is C10H12ClN3O3S. The van der Waals surface area contributed by atoms with Gasteiger partial charge in [-0.15, -0.1) is 0 Å². The lowest BCUT2D eigenvalue weighted by atomic mass is 10.4. The summed E-state index contributed by atoms with van der Waals surface area (Å²) < 4.78 is 22.5.